The lowest BCUT2D eigenvalue weighted by molar-refractivity contribution is 0.0238. The molecule has 0 saturated carbocycles. The van der Waals surface area contributed by atoms with E-state index in [1.54, 1.807) is 19.4 Å². The van der Waals surface area contributed by atoms with Crippen LogP contribution in [0, 0.1) is 17.0 Å². The van der Waals surface area contributed by atoms with Gasteiger partial charge in [0.2, 0.25) is 0 Å². The number of nitrogens with zero attached hydrogens (tertiary/aromatic N) is 2. The molecule has 4 rings (SSSR count). The average molecular weight is 551 g/mol. The standard InChI is InChI=1S/C28H33ClF2N2O3S/c1-36-19-6-7-23-20(16-19)26(21(29)17-32-23)24(35)8-9-28(18-34)10-13-33(14-11-28)12-3-15-37-25-5-2-4-22(30)27(25)31/h2,4-7,16-17,24,34-35H,3,8-15,18H2,1H3/t24-/m1/s1. The number of ether oxygens (including phenoxy) is 1. The molecule has 1 atom stereocenters. The molecule has 2 heterocycles. The number of aromatic nitrogens is 1. The predicted molar refractivity (Wildman–Crippen MR) is 144 cm³/mol. The van der Waals surface area contributed by atoms with Gasteiger partial charge in [-0.05, 0) is 93.2 Å². The number of aliphatic hydroxyl groups is 2. The number of aliphatic hydroxyl groups excluding tert-OH is 2. The van der Waals surface area contributed by atoms with Crippen molar-refractivity contribution >= 4 is 34.3 Å². The number of fused-ring (bicyclic) bond motifs is 1. The molecule has 0 radical (unpaired) electrons. The van der Waals surface area contributed by atoms with Crippen LogP contribution in [0.3, 0.4) is 0 Å². The van der Waals surface area contributed by atoms with Crippen LogP contribution < -0.4 is 4.74 Å². The summed E-state index contributed by atoms with van der Waals surface area (Å²) in [5.74, 6) is -0.213. The number of likely N-dealkylation sites (tertiary alicyclic amines) is 1. The second-order valence-corrected chi connectivity index (χ2v) is 11.3. The maximum absolute atomic E-state index is 13.8. The van der Waals surface area contributed by atoms with Crippen molar-refractivity contribution in [3.63, 3.8) is 0 Å². The van der Waals surface area contributed by atoms with Crippen LogP contribution in [0.1, 0.15) is 43.8 Å². The summed E-state index contributed by atoms with van der Waals surface area (Å²) in [6, 6.07) is 9.77. The van der Waals surface area contributed by atoms with Crippen molar-refractivity contribution in [1.82, 2.24) is 9.88 Å². The molecular formula is C28H33ClF2N2O3S. The van der Waals surface area contributed by atoms with Gasteiger partial charge in [0.05, 0.1) is 23.8 Å². The van der Waals surface area contributed by atoms with E-state index in [0.29, 0.717) is 39.8 Å². The van der Waals surface area contributed by atoms with Crippen LogP contribution >= 0.6 is 23.4 Å². The van der Waals surface area contributed by atoms with Gasteiger partial charge in [-0.3, -0.25) is 4.98 Å². The van der Waals surface area contributed by atoms with Crippen molar-refractivity contribution in [2.24, 2.45) is 5.41 Å². The Bertz CT molecular complexity index is 1210. The minimum Gasteiger partial charge on any atom is -0.497 e. The second-order valence-electron chi connectivity index (χ2n) is 9.71. The molecule has 0 unspecified atom stereocenters. The van der Waals surface area contributed by atoms with Gasteiger partial charge < -0.3 is 19.8 Å². The highest BCUT2D eigenvalue weighted by Gasteiger charge is 2.34. The molecule has 0 spiro atoms. The number of methoxy groups -OCH3 is 1. The van der Waals surface area contributed by atoms with E-state index in [9.17, 15) is 19.0 Å². The van der Waals surface area contributed by atoms with Gasteiger partial charge >= 0.3 is 0 Å². The van der Waals surface area contributed by atoms with Crippen molar-refractivity contribution in [3.8, 4) is 5.75 Å². The molecule has 1 saturated heterocycles. The zero-order valence-corrected chi connectivity index (χ0v) is 22.5. The van der Waals surface area contributed by atoms with E-state index in [0.717, 1.165) is 55.9 Å². The fraction of sp³-hybridized carbons (Fsp3) is 0.464. The molecule has 0 amide bonds. The first-order chi connectivity index (χ1) is 17.9. The summed E-state index contributed by atoms with van der Waals surface area (Å²) in [4.78, 5) is 7.06. The average Bonchev–Trinajstić information content (AvgIpc) is 2.92. The van der Waals surface area contributed by atoms with Gasteiger partial charge in [0.1, 0.15) is 5.75 Å². The van der Waals surface area contributed by atoms with Gasteiger partial charge in [-0.25, -0.2) is 8.78 Å². The first kappa shape index (κ1) is 28.0. The SMILES string of the molecule is COc1ccc2ncc(Cl)c([C@H](O)CCC3(CO)CCN(CCCSc4cccc(F)c4F)CC3)c2c1. The van der Waals surface area contributed by atoms with Crippen molar-refractivity contribution in [2.45, 2.75) is 43.1 Å². The Kier molecular flexibility index (Phi) is 9.64. The summed E-state index contributed by atoms with van der Waals surface area (Å²) >= 11 is 7.79. The molecule has 9 heteroatoms. The molecule has 3 aromatic rings. The molecule has 2 N–H and O–H groups in total. The number of piperidine rings is 1. The maximum atomic E-state index is 13.8. The van der Waals surface area contributed by atoms with Gasteiger partial charge in [-0.1, -0.05) is 17.7 Å². The van der Waals surface area contributed by atoms with Crippen LogP contribution in [0.4, 0.5) is 8.78 Å². The number of halogens is 3. The van der Waals surface area contributed by atoms with Gasteiger partial charge in [-0.15, -0.1) is 11.8 Å². The highest BCUT2D eigenvalue weighted by Crippen LogP contribution is 2.40. The zero-order valence-electron chi connectivity index (χ0n) is 20.9. The van der Waals surface area contributed by atoms with Crippen LogP contribution in [-0.2, 0) is 0 Å². The Morgan fingerprint density at radius 3 is 2.73 bits per heavy atom. The van der Waals surface area contributed by atoms with Gasteiger partial charge in [-0.2, -0.15) is 0 Å². The highest BCUT2D eigenvalue weighted by atomic mass is 35.5. The van der Waals surface area contributed by atoms with E-state index < -0.39 is 17.7 Å². The molecule has 37 heavy (non-hydrogen) atoms. The topological polar surface area (TPSA) is 65.8 Å². The molecule has 1 aliphatic heterocycles. The summed E-state index contributed by atoms with van der Waals surface area (Å²) in [5, 5.41) is 22.6. The van der Waals surface area contributed by atoms with Crippen LogP contribution in [0.2, 0.25) is 5.02 Å². The van der Waals surface area contributed by atoms with E-state index >= 15 is 0 Å². The minimum atomic E-state index is -0.814. The Morgan fingerprint density at radius 1 is 1.22 bits per heavy atom. The van der Waals surface area contributed by atoms with Crippen molar-refractivity contribution < 1.29 is 23.7 Å². The van der Waals surface area contributed by atoms with Crippen molar-refractivity contribution in [2.75, 3.05) is 39.1 Å². The number of hydrogen-bond acceptors (Lipinski definition) is 6. The number of hydrogen-bond donors (Lipinski definition) is 2. The Labute approximate surface area is 225 Å². The van der Waals surface area contributed by atoms with Crippen LogP contribution in [0.25, 0.3) is 10.9 Å². The smallest absolute Gasteiger partial charge is 0.172 e. The monoisotopic (exact) mass is 550 g/mol. The number of benzene rings is 2. The maximum Gasteiger partial charge on any atom is 0.172 e. The molecule has 0 aliphatic carbocycles. The first-order valence-corrected chi connectivity index (χ1v) is 13.9. The van der Waals surface area contributed by atoms with Crippen LogP contribution in [0.5, 0.6) is 5.75 Å². The Hall–Kier alpha value is -1.97. The molecule has 1 aromatic heterocycles. The van der Waals surface area contributed by atoms with Gasteiger partial charge in [0.25, 0.3) is 0 Å². The summed E-state index contributed by atoms with van der Waals surface area (Å²) in [6.07, 6.45) is 4.47. The lowest BCUT2D eigenvalue weighted by Crippen LogP contribution is -2.42. The van der Waals surface area contributed by atoms with Crippen LogP contribution in [0.15, 0.2) is 47.5 Å². The van der Waals surface area contributed by atoms with Gasteiger partial charge in [0, 0.05) is 28.6 Å². The molecule has 0 bridgehead atoms. The quantitative estimate of drug-likeness (QED) is 0.217. The van der Waals surface area contributed by atoms with Crippen molar-refractivity contribution in [3.05, 3.63) is 64.8 Å². The minimum absolute atomic E-state index is 0.0703. The summed E-state index contributed by atoms with van der Waals surface area (Å²) in [6.45, 7) is 2.65. The molecule has 1 aliphatic rings. The molecule has 2 aromatic carbocycles. The lowest BCUT2D eigenvalue weighted by Gasteiger charge is -2.41. The van der Waals surface area contributed by atoms with E-state index in [-0.39, 0.29) is 12.0 Å². The highest BCUT2D eigenvalue weighted by molar-refractivity contribution is 7.99. The fourth-order valence-corrected chi connectivity index (χ4v) is 6.19. The summed E-state index contributed by atoms with van der Waals surface area (Å²) in [5.41, 5.74) is 1.13. The lowest BCUT2D eigenvalue weighted by atomic mass is 9.74. The Balaban J connectivity index is 1.29. The van der Waals surface area contributed by atoms with E-state index in [1.165, 1.54) is 17.8 Å². The van der Waals surface area contributed by atoms with E-state index in [1.807, 2.05) is 18.2 Å². The summed E-state index contributed by atoms with van der Waals surface area (Å²) in [7, 11) is 1.59. The van der Waals surface area contributed by atoms with E-state index in [4.69, 9.17) is 16.3 Å². The zero-order chi connectivity index (χ0) is 26.4. The van der Waals surface area contributed by atoms with Crippen LogP contribution in [-0.4, -0.2) is 59.2 Å². The third kappa shape index (κ3) is 6.73. The summed E-state index contributed by atoms with van der Waals surface area (Å²) < 4.78 is 32.5. The molecule has 200 valence electrons. The van der Waals surface area contributed by atoms with Gasteiger partial charge in [0.15, 0.2) is 11.6 Å². The second kappa shape index (κ2) is 12.7. The van der Waals surface area contributed by atoms with E-state index in [2.05, 4.69) is 9.88 Å². The molecule has 1 fully saturated rings. The molecule has 5 nitrogen and oxygen atoms in total. The number of pyridine rings is 1. The number of thioether (sulfide) groups is 1. The van der Waals surface area contributed by atoms with Crippen molar-refractivity contribution in [1.29, 1.82) is 0 Å². The predicted octanol–water partition coefficient (Wildman–Crippen LogP) is 6.25. The number of rotatable bonds is 11. The third-order valence-corrected chi connectivity index (χ3v) is 8.81. The third-order valence-electron chi connectivity index (χ3n) is 7.39. The fourth-order valence-electron chi connectivity index (χ4n) is 5.02. The first-order valence-electron chi connectivity index (χ1n) is 12.6. The molecular weight excluding hydrogens is 518 g/mol. The largest absolute Gasteiger partial charge is 0.497 e. The normalized spacial score (nSPS) is 16.7. The Morgan fingerprint density at radius 2 is 2.00 bits per heavy atom.